The summed E-state index contributed by atoms with van der Waals surface area (Å²) < 4.78 is 31.9. The summed E-state index contributed by atoms with van der Waals surface area (Å²) in [6.07, 6.45) is -0.972. The van der Waals surface area contributed by atoms with E-state index in [1.807, 2.05) is 13.8 Å². The van der Waals surface area contributed by atoms with Gasteiger partial charge in [-0.1, -0.05) is 0 Å². The minimum atomic E-state index is -4.27. The molecule has 8 heteroatoms. The van der Waals surface area contributed by atoms with E-state index < -0.39 is 21.2 Å². The summed E-state index contributed by atoms with van der Waals surface area (Å²) >= 11 is 0. The van der Waals surface area contributed by atoms with E-state index in [1.54, 1.807) is 0 Å². The van der Waals surface area contributed by atoms with Gasteiger partial charge < -0.3 is 0 Å². The maximum atomic E-state index is 10.9. The van der Waals surface area contributed by atoms with Gasteiger partial charge in [0, 0.05) is 0 Å². The molecule has 94 valence electrons. The summed E-state index contributed by atoms with van der Waals surface area (Å²) in [5.41, 5.74) is -2.06. The molecular weight excluding hydrogens is 233 g/mol. The van der Waals surface area contributed by atoms with Crippen molar-refractivity contribution in [1.29, 1.82) is 0 Å². The summed E-state index contributed by atoms with van der Waals surface area (Å²) in [5.74, 6) is 0.494. The molecule has 0 fully saturated rings. The minimum absolute atomic E-state index is 0.0685. The van der Waals surface area contributed by atoms with Crippen LogP contribution in [0, 0.1) is 5.92 Å². The Balaban J connectivity index is 3.98. The molecule has 2 atom stereocenters. The average Bonchev–Trinajstić information content (AvgIpc) is 2.22. The SMILES string of the molecule is CC(C)CCNCC(O)C(O)S(=O)(=O)B=O. The van der Waals surface area contributed by atoms with Crippen molar-refractivity contribution in [2.24, 2.45) is 5.92 Å². The number of aliphatic hydroxyl groups is 2. The van der Waals surface area contributed by atoms with E-state index in [0.717, 1.165) is 6.42 Å². The Hall–Kier alpha value is -0.305. The van der Waals surface area contributed by atoms with Crippen LogP contribution in [-0.4, -0.2) is 49.7 Å². The Morgan fingerprint density at radius 1 is 1.31 bits per heavy atom. The van der Waals surface area contributed by atoms with Crippen molar-refractivity contribution in [3.8, 4) is 0 Å². The Morgan fingerprint density at radius 3 is 2.31 bits per heavy atom. The second-order valence-electron chi connectivity index (χ2n) is 4.03. The predicted octanol–water partition coefficient (Wildman–Crippen LogP) is -1.32. The molecule has 2 unspecified atom stereocenters. The van der Waals surface area contributed by atoms with E-state index in [4.69, 9.17) is 5.11 Å². The van der Waals surface area contributed by atoms with Crippen molar-refractivity contribution >= 4 is 16.1 Å². The molecule has 0 bridgehead atoms. The summed E-state index contributed by atoms with van der Waals surface area (Å²) in [6, 6.07) is 0. The van der Waals surface area contributed by atoms with Gasteiger partial charge in [-0.3, -0.25) is 0 Å². The number of hydrogen-bond acceptors (Lipinski definition) is 6. The monoisotopic (exact) mass is 251 g/mol. The van der Waals surface area contributed by atoms with E-state index in [1.165, 1.54) is 0 Å². The molecule has 0 aromatic heterocycles. The van der Waals surface area contributed by atoms with Gasteiger partial charge in [0.25, 0.3) is 0 Å². The van der Waals surface area contributed by atoms with Crippen molar-refractivity contribution < 1.29 is 23.3 Å². The van der Waals surface area contributed by atoms with Crippen molar-refractivity contribution in [3.05, 3.63) is 0 Å². The van der Waals surface area contributed by atoms with Crippen molar-refractivity contribution in [2.45, 2.75) is 31.8 Å². The van der Waals surface area contributed by atoms with Crippen LogP contribution in [0.5, 0.6) is 0 Å². The number of nitrogens with one attached hydrogen (secondary N) is 1. The summed E-state index contributed by atoms with van der Waals surface area (Å²) in [5, 5.41) is 21.2. The maximum absolute atomic E-state index is 10.9. The first kappa shape index (κ1) is 15.7. The molecule has 0 aromatic rings. The third-order valence-corrected chi connectivity index (χ3v) is 3.31. The standard InChI is InChI=1S/C8H18BNO5S/c1-6(2)3-4-10-5-7(11)8(12)16(14,15)9-13/h6-8,10-12H,3-5H2,1-2H3. The fraction of sp³-hybridized carbons (Fsp3) is 1.00. The van der Waals surface area contributed by atoms with Crippen LogP contribution in [0.4, 0.5) is 0 Å². The third kappa shape index (κ3) is 5.69. The Bertz CT molecular complexity index is 306. The van der Waals surface area contributed by atoms with Crippen LogP contribution in [0.2, 0.25) is 0 Å². The van der Waals surface area contributed by atoms with Crippen LogP contribution in [0.15, 0.2) is 0 Å². The zero-order valence-corrected chi connectivity index (χ0v) is 10.3. The zero-order valence-electron chi connectivity index (χ0n) is 9.46. The topological polar surface area (TPSA) is 104 Å². The second-order valence-corrected chi connectivity index (χ2v) is 5.88. The first-order valence-electron chi connectivity index (χ1n) is 5.07. The molecule has 0 heterocycles. The van der Waals surface area contributed by atoms with Gasteiger partial charge in [-0.15, -0.1) is 0 Å². The van der Waals surface area contributed by atoms with E-state index in [2.05, 4.69) is 5.32 Å². The van der Waals surface area contributed by atoms with E-state index in [0.29, 0.717) is 12.5 Å². The normalized spacial score (nSPS) is 15.8. The van der Waals surface area contributed by atoms with Gasteiger partial charge >= 0.3 is 95.6 Å². The molecule has 0 aromatic carbocycles. The molecule has 0 aliphatic rings. The van der Waals surface area contributed by atoms with Crippen LogP contribution < -0.4 is 5.32 Å². The summed E-state index contributed by atoms with van der Waals surface area (Å²) in [6.45, 7) is 4.61. The van der Waals surface area contributed by atoms with Crippen LogP contribution in [0.3, 0.4) is 0 Å². The first-order chi connectivity index (χ1) is 7.31. The fourth-order valence-electron chi connectivity index (χ4n) is 1.02. The van der Waals surface area contributed by atoms with Crippen molar-refractivity contribution in [1.82, 2.24) is 5.32 Å². The van der Waals surface area contributed by atoms with E-state index >= 15 is 0 Å². The molecule has 0 rings (SSSR count). The second kappa shape index (κ2) is 7.11. The Labute approximate surface area is 96.1 Å². The van der Waals surface area contributed by atoms with Gasteiger partial charge in [0.15, 0.2) is 0 Å². The molecule has 3 N–H and O–H groups in total. The number of aliphatic hydroxyl groups excluding tert-OH is 2. The zero-order chi connectivity index (χ0) is 12.8. The molecule has 0 radical (unpaired) electrons. The van der Waals surface area contributed by atoms with Gasteiger partial charge in [0.05, 0.1) is 0 Å². The molecule has 16 heavy (non-hydrogen) atoms. The quantitative estimate of drug-likeness (QED) is 0.365. The van der Waals surface area contributed by atoms with Gasteiger partial charge in [0.1, 0.15) is 0 Å². The predicted molar refractivity (Wildman–Crippen MR) is 59.7 cm³/mol. The van der Waals surface area contributed by atoms with Crippen LogP contribution in [0.1, 0.15) is 20.3 Å². The molecule has 6 nitrogen and oxygen atoms in total. The van der Waals surface area contributed by atoms with Crippen LogP contribution in [-0.2, 0) is 14.4 Å². The Kier molecular flexibility index (Phi) is 6.97. The van der Waals surface area contributed by atoms with Gasteiger partial charge in [-0.05, 0) is 0 Å². The molecule has 0 spiro atoms. The third-order valence-electron chi connectivity index (χ3n) is 2.05. The number of rotatable bonds is 8. The average molecular weight is 251 g/mol. The molecule has 0 aliphatic heterocycles. The molecule has 0 saturated heterocycles. The molecule has 0 saturated carbocycles. The van der Waals surface area contributed by atoms with Gasteiger partial charge in [-0.2, -0.15) is 0 Å². The summed E-state index contributed by atoms with van der Waals surface area (Å²) in [7, 11) is -4.27. The summed E-state index contributed by atoms with van der Waals surface area (Å²) in [4.78, 5) is 0. The number of hydrogen-bond donors (Lipinski definition) is 3. The first-order valence-corrected chi connectivity index (χ1v) is 6.68. The Morgan fingerprint density at radius 2 is 1.88 bits per heavy atom. The molecular formula is C8H18BNO5S. The van der Waals surface area contributed by atoms with Crippen molar-refractivity contribution in [2.75, 3.05) is 13.1 Å². The van der Waals surface area contributed by atoms with Crippen LogP contribution in [0.25, 0.3) is 0 Å². The fourth-order valence-corrected chi connectivity index (χ4v) is 1.67. The van der Waals surface area contributed by atoms with Gasteiger partial charge in [0.2, 0.25) is 0 Å². The van der Waals surface area contributed by atoms with E-state index in [-0.39, 0.29) is 13.0 Å². The van der Waals surface area contributed by atoms with Crippen molar-refractivity contribution in [3.63, 3.8) is 0 Å². The molecule has 0 amide bonds. The molecule has 0 aliphatic carbocycles. The van der Waals surface area contributed by atoms with Gasteiger partial charge in [-0.25, -0.2) is 0 Å². The van der Waals surface area contributed by atoms with E-state index in [9.17, 15) is 18.2 Å². The van der Waals surface area contributed by atoms with Crippen LogP contribution >= 0.6 is 0 Å².